The molecule has 2 aromatic rings. The number of carbonyl (C=O) groups excluding carboxylic acids is 1. The van der Waals surface area contributed by atoms with E-state index in [1.54, 1.807) is 4.57 Å². The SMILES string of the molecule is O=C(CC1CSc2nc3c(c(=O)n21)CCC3)N1CC(Oc2ncccc2C(F)(F)F)C1. The highest BCUT2D eigenvalue weighted by atomic mass is 32.2. The van der Waals surface area contributed by atoms with Crippen molar-refractivity contribution in [3.05, 3.63) is 45.5 Å². The van der Waals surface area contributed by atoms with E-state index in [1.165, 1.54) is 28.9 Å². The van der Waals surface area contributed by atoms with Gasteiger partial charge >= 0.3 is 6.18 Å². The Labute approximate surface area is 179 Å². The lowest BCUT2D eigenvalue weighted by Gasteiger charge is -2.39. The van der Waals surface area contributed by atoms with Crippen molar-refractivity contribution in [2.24, 2.45) is 0 Å². The summed E-state index contributed by atoms with van der Waals surface area (Å²) in [5.74, 6) is -0.0180. The fourth-order valence-corrected chi connectivity index (χ4v) is 5.36. The molecule has 31 heavy (non-hydrogen) atoms. The smallest absolute Gasteiger partial charge is 0.421 e. The third-order valence-electron chi connectivity index (χ3n) is 5.84. The summed E-state index contributed by atoms with van der Waals surface area (Å²) in [7, 11) is 0. The summed E-state index contributed by atoms with van der Waals surface area (Å²) >= 11 is 1.48. The molecule has 0 aromatic carbocycles. The molecule has 1 unspecified atom stereocenters. The summed E-state index contributed by atoms with van der Waals surface area (Å²) in [4.78, 5) is 35.3. The van der Waals surface area contributed by atoms with Gasteiger partial charge in [0.05, 0.1) is 24.8 Å². The molecule has 4 heterocycles. The summed E-state index contributed by atoms with van der Waals surface area (Å²) in [6, 6.07) is 1.86. The molecule has 1 saturated heterocycles. The highest BCUT2D eigenvalue weighted by Crippen LogP contribution is 2.37. The largest absolute Gasteiger partial charge is 0.470 e. The number of carbonyl (C=O) groups is 1. The molecular formula is C20H19F3N4O3S. The first-order valence-electron chi connectivity index (χ1n) is 10.0. The number of hydrogen-bond acceptors (Lipinski definition) is 6. The van der Waals surface area contributed by atoms with Crippen LogP contribution in [-0.4, -0.2) is 50.3 Å². The van der Waals surface area contributed by atoms with Crippen LogP contribution in [0, 0.1) is 0 Å². The lowest BCUT2D eigenvalue weighted by molar-refractivity contribution is -0.145. The van der Waals surface area contributed by atoms with Crippen molar-refractivity contribution in [3.63, 3.8) is 0 Å². The predicted molar refractivity (Wildman–Crippen MR) is 105 cm³/mol. The van der Waals surface area contributed by atoms with Gasteiger partial charge in [0, 0.05) is 23.9 Å². The summed E-state index contributed by atoms with van der Waals surface area (Å²) in [5, 5.41) is 0.670. The zero-order valence-electron chi connectivity index (χ0n) is 16.4. The van der Waals surface area contributed by atoms with E-state index in [9.17, 15) is 22.8 Å². The number of pyridine rings is 1. The van der Waals surface area contributed by atoms with Crippen LogP contribution in [0.3, 0.4) is 0 Å². The van der Waals surface area contributed by atoms with Crippen LogP contribution in [0.1, 0.15) is 35.7 Å². The normalized spacial score (nSPS) is 20.4. The highest BCUT2D eigenvalue weighted by molar-refractivity contribution is 7.99. The number of ether oxygens (including phenoxy) is 1. The Morgan fingerprint density at radius 1 is 1.29 bits per heavy atom. The second-order valence-corrected chi connectivity index (χ2v) is 8.90. The lowest BCUT2D eigenvalue weighted by atomic mass is 10.1. The van der Waals surface area contributed by atoms with Crippen molar-refractivity contribution in [3.8, 4) is 5.88 Å². The van der Waals surface area contributed by atoms with Crippen LogP contribution in [0.2, 0.25) is 0 Å². The average molecular weight is 452 g/mol. The van der Waals surface area contributed by atoms with Crippen molar-refractivity contribution in [1.82, 2.24) is 19.4 Å². The van der Waals surface area contributed by atoms with Gasteiger partial charge in [0.15, 0.2) is 5.16 Å². The third-order valence-corrected chi connectivity index (χ3v) is 6.94. The van der Waals surface area contributed by atoms with Crippen molar-refractivity contribution < 1.29 is 22.7 Å². The molecule has 0 N–H and O–H groups in total. The fourth-order valence-electron chi connectivity index (χ4n) is 4.21. The molecule has 2 aromatic heterocycles. The average Bonchev–Trinajstić information content (AvgIpc) is 3.31. The topological polar surface area (TPSA) is 77.3 Å². The lowest BCUT2D eigenvalue weighted by Crippen LogP contribution is -2.56. The van der Waals surface area contributed by atoms with E-state index < -0.39 is 23.7 Å². The quantitative estimate of drug-likeness (QED) is 0.664. The summed E-state index contributed by atoms with van der Waals surface area (Å²) in [6.07, 6.45) is -1.23. The molecule has 1 atom stereocenters. The predicted octanol–water partition coefficient (Wildman–Crippen LogP) is 2.47. The Morgan fingerprint density at radius 3 is 2.87 bits per heavy atom. The molecule has 2 aliphatic heterocycles. The number of alkyl halides is 3. The molecule has 0 spiro atoms. The molecule has 5 rings (SSSR count). The van der Waals surface area contributed by atoms with E-state index in [2.05, 4.69) is 9.97 Å². The molecule has 0 bridgehead atoms. The minimum Gasteiger partial charge on any atom is -0.470 e. The summed E-state index contributed by atoms with van der Waals surface area (Å²) in [5.41, 5.74) is 0.668. The van der Waals surface area contributed by atoms with E-state index in [0.717, 1.165) is 36.6 Å². The van der Waals surface area contributed by atoms with E-state index >= 15 is 0 Å². The number of rotatable bonds is 4. The van der Waals surface area contributed by atoms with Gasteiger partial charge in [-0.3, -0.25) is 14.2 Å². The maximum absolute atomic E-state index is 13.1. The molecular weight excluding hydrogens is 433 g/mol. The van der Waals surface area contributed by atoms with Gasteiger partial charge in [0.2, 0.25) is 11.8 Å². The van der Waals surface area contributed by atoms with E-state index in [-0.39, 0.29) is 37.0 Å². The van der Waals surface area contributed by atoms with Crippen LogP contribution < -0.4 is 10.3 Å². The van der Waals surface area contributed by atoms with Crippen LogP contribution in [0.15, 0.2) is 28.3 Å². The number of likely N-dealkylation sites (tertiary alicyclic amines) is 1. The van der Waals surface area contributed by atoms with Gasteiger partial charge in [-0.05, 0) is 31.4 Å². The van der Waals surface area contributed by atoms with Gasteiger partial charge in [-0.1, -0.05) is 11.8 Å². The number of halogens is 3. The van der Waals surface area contributed by atoms with Crippen LogP contribution in [0.25, 0.3) is 0 Å². The second kappa shape index (κ2) is 7.54. The highest BCUT2D eigenvalue weighted by Gasteiger charge is 2.39. The summed E-state index contributed by atoms with van der Waals surface area (Å²) in [6.45, 7) is 0.382. The number of thioether (sulfide) groups is 1. The van der Waals surface area contributed by atoms with Gasteiger partial charge in [0.1, 0.15) is 11.7 Å². The molecule has 0 saturated carbocycles. The van der Waals surface area contributed by atoms with Crippen LogP contribution in [0.5, 0.6) is 5.88 Å². The van der Waals surface area contributed by atoms with Gasteiger partial charge in [-0.2, -0.15) is 13.2 Å². The maximum atomic E-state index is 13.1. The van der Waals surface area contributed by atoms with E-state index in [0.29, 0.717) is 10.9 Å². The molecule has 1 fully saturated rings. The zero-order chi connectivity index (χ0) is 21.8. The minimum atomic E-state index is -4.56. The zero-order valence-corrected chi connectivity index (χ0v) is 17.2. The van der Waals surface area contributed by atoms with Gasteiger partial charge < -0.3 is 9.64 Å². The van der Waals surface area contributed by atoms with Gasteiger partial charge in [-0.15, -0.1) is 0 Å². The number of aryl methyl sites for hydroxylation is 1. The Kier molecular flexibility index (Phi) is 4.95. The van der Waals surface area contributed by atoms with Gasteiger partial charge in [0.25, 0.3) is 5.56 Å². The monoisotopic (exact) mass is 452 g/mol. The fraction of sp³-hybridized carbons (Fsp3) is 0.500. The van der Waals surface area contributed by atoms with Crippen molar-refractivity contribution in [2.75, 3.05) is 18.8 Å². The summed E-state index contributed by atoms with van der Waals surface area (Å²) < 4.78 is 46.2. The van der Waals surface area contributed by atoms with E-state index in [4.69, 9.17) is 4.74 Å². The third kappa shape index (κ3) is 3.68. The molecule has 7 nitrogen and oxygen atoms in total. The Morgan fingerprint density at radius 2 is 2.10 bits per heavy atom. The Balaban J connectivity index is 1.21. The molecule has 1 aliphatic carbocycles. The van der Waals surface area contributed by atoms with Crippen LogP contribution in [-0.2, 0) is 23.8 Å². The maximum Gasteiger partial charge on any atom is 0.421 e. The van der Waals surface area contributed by atoms with Crippen LogP contribution >= 0.6 is 11.8 Å². The standard InChI is InChI=1S/C20H19F3N4O3S/c21-20(22,23)14-4-2-6-24-17(14)30-12-8-26(9-12)16(28)7-11-10-31-19-25-15-5-1-3-13(15)18(29)27(11)19/h2,4,6,11-12H,1,3,5,7-10H2. The van der Waals surface area contributed by atoms with Crippen molar-refractivity contribution in [1.29, 1.82) is 0 Å². The number of fused-ring (bicyclic) bond motifs is 2. The number of aromatic nitrogens is 3. The molecule has 1 amide bonds. The Hall–Kier alpha value is -2.56. The van der Waals surface area contributed by atoms with Gasteiger partial charge in [-0.25, -0.2) is 9.97 Å². The Bertz CT molecular complexity index is 1100. The molecule has 3 aliphatic rings. The molecule has 0 radical (unpaired) electrons. The number of nitrogens with zero attached hydrogens (tertiary/aromatic N) is 4. The molecule has 164 valence electrons. The first-order chi connectivity index (χ1) is 14.8. The van der Waals surface area contributed by atoms with Crippen molar-refractivity contribution in [2.45, 2.75) is 49.2 Å². The van der Waals surface area contributed by atoms with Crippen LogP contribution in [0.4, 0.5) is 13.2 Å². The first kappa shape index (κ1) is 20.3. The first-order valence-corrected chi connectivity index (χ1v) is 11.0. The molecule has 11 heteroatoms. The minimum absolute atomic E-state index is 0.0417. The second-order valence-electron chi connectivity index (χ2n) is 7.91. The van der Waals surface area contributed by atoms with Crippen molar-refractivity contribution >= 4 is 17.7 Å². The van der Waals surface area contributed by atoms with E-state index in [1.807, 2.05) is 0 Å². The number of hydrogen-bond donors (Lipinski definition) is 0. The number of amides is 1.